The summed E-state index contributed by atoms with van der Waals surface area (Å²) >= 11 is 0. The smallest absolute Gasteiger partial charge is 0 e. The third-order valence-electron chi connectivity index (χ3n) is 0.250. The van der Waals surface area contributed by atoms with E-state index in [0.717, 1.165) is 12.8 Å². The molecule has 0 unspecified atom stereocenters. The molecular weight excluding hydrogens is 274 g/mol. The van der Waals surface area contributed by atoms with Crippen molar-refractivity contribution in [3.05, 3.63) is 27.7 Å². The molecule has 0 aliphatic rings. The van der Waals surface area contributed by atoms with Gasteiger partial charge < -0.3 is 27.7 Å². The van der Waals surface area contributed by atoms with Crippen LogP contribution in [0, 0.1) is 27.7 Å². The van der Waals surface area contributed by atoms with E-state index < -0.39 is 0 Å². The van der Waals surface area contributed by atoms with Gasteiger partial charge in [0.2, 0.25) is 0 Å². The molecule has 0 aliphatic heterocycles. The first kappa shape index (κ1) is 29.5. The van der Waals surface area contributed by atoms with Gasteiger partial charge in [-0.1, -0.05) is 0 Å². The zero-order chi connectivity index (χ0) is 7.41. The summed E-state index contributed by atoms with van der Waals surface area (Å²) in [6.45, 7) is 17.1. The molecule has 0 amide bonds. The van der Waals surface area contributed by atoms with E-state index >= 15 is 0 Å². The summed E-state index contributed by atoms with van der Waals surface area (Å²) in [6, 6.07) is 0. The van der Waals surface area contributed by atoms with Gasteiger partial charge in [-0.3, -0.25) is 0 Å². The largest absolute Gasteiger partial charge is 0.346 e. The van der Waals surface area contributed by atoms with Crippen LogP contribution in [0.4, 0.5) is 0 Å². The molecule has 0 rings (SSSR count). The maximum Gasteiger partial charge on any atom is 0 e. The van der Waals surface area contributed by atoms with Crippen molar-refractivity contribution in [2.24, 2.45) is 0 Å². The molecule has 0 nitrogen and oxygen atoms in total. The fourth-order valence-electron chi connectivity index (χ4n) is 0. The Labute approximate surface area is 118 Å². The Balaban J connectivity index is -0.0000000125. The molecule has 2 radical (unpaired) electrons. The predicted octanol–water partition coefficient (Wildman–Crippen LogP) is 3.11. The van der Waals surface area contributed by atoms with Crippen molar-refractivity contribution in [2.75, 3.05) is 0 Å². The van der Waals surface area contributed by atoms with Crippen LogP contribution in [-0.4, -0.2) is 0 Å². The summed E-state index contributed by atoms with van der Waals surface area (Å²) in [4.78, 5) is 0. The van der Waals surface area contributed by atoms with E-state index in [1.54, 1.807) is 13.8 Å². The summed E-state index contributed by atoms with van der Waals surface area (Å²) in [6.07, 6.45) is 1.92. The van der Waals surface area contributed by atoms with Crippen LogP contribution in [0.2, 0.25) is 0 Å². The molecule has 0 N–H and O–H groups in total. The monoisotopic (exact) mass is 292 g/mol. The summed E-state index contributed by atoms with van der Waals surface area (Å²) in [7, 11) is 0. The second-order valence-corrected chi connectivity index (χ2v) is 0.707. The summed E-state index contributed by atoms with van der Waals surface area (Å²) < 4.78 is 0. The molecule has 0 aromatic carbocycles. The molecule has 2 heteroatoms. The first-order valence-corrected chi connectivity index (χ1v) is 2.91. The van der Waals surface area contributed by atoms with Crippen LogP contribution in [-0.2, 0) is 65.4 Å². The minimum atomic E-state index is 0. The van der Waals surface area contributed by atoms with E-state index in [4.69, 9.17) is 0 Å². The molecule has 0 fully saturated rings. The maximum absolute atomic E-state index is 3.54. The van der Waals surface area contributed by atoms with Gasteiger partial charge in [0, 0.05) is 65.4 Å². The molecule has 0 aliphatic carbocycles. The maximum atomic E-state index is 3.54. The van der Waals surface area contributed by atoms with Crippen molar-refractivity contribution >= 4 is 0 Å². The van der Waals surface area contributed by atoms with E-state index in [-0.39, 0.29) is 65.4 Å². The molecule has 0 bridgehead atoms. The fraction of sp³-hybridized carbons (Fsp3) is 0.500. The van der Waals surface area contributed by atoms with Crippen molar-refractivity contribution in [1.82, 2.24) is 0 Å². The van der Waals surface area contributed by atoms with E-state index in [2.05, 4.69) is 27.7 Å². The van der Waals surface area contributed by atoms with Gasteiger partial charge in [0.25, 0.3) is 0 Å². The standard InChI is InChI=1S/C4H8.2C2H5.2Y/c1-3-4-2;2*1-2;;/h1-4H2;2*1H2,2H3;;/q-2;2*-1;;. The summed E-state index contributed by atoms with van der Waals surface area (Å²) in [5.41, 5.74) is 0. The van der Waals surface area contributed by atoms with Crippen molar-refractivity contribution < 1.29 is 65.4 Å². The van der Waals surface area contributed by atoms with Gasteiger partial charge in [0.1, 0.15) is 0 Å². The minimum Gasteiger partial charge on any atom is -0.346 e. The van der Waals surface area contributed by atoms with Crippen molar-refractivity contribution in [1.29, 1.82) is 0 Å². The van der Waals surface area contributed by atoms with Crippen LogP contribution < -0.4 is 0 Å². The minimum absolute atomic E-state index is 0. The molecular formula is C8H18Y2-4. The first-order chi connectivity index (χ1) is 3.91. The molecule has 0 saturated carbocycles. The molecule has 60 valence electrons. The zero-order valence-electron chi connectivity index (χ0n) is 7.40. The van der Waals surface area contributed by atoms with Crippen molar-refractivity contribution in [3.63, 3.8) is 0 Å². The second kappa shape index (κ2) is 66.0. The molecule has 0 heterocycles. The first-order valence-electron chi connectivity index (χ1n) is 2.91. The van der Waals surface area contributed by atoms with Crippen LogP contribution in [0.3, 0.4) is 0 Å². The number of unbranched alkanes of at least 4 members (excludes halogenated alkanes) is 1. The van der Waals surface area contributed by atoms with E-state index in [1.807, 2.05) is 0 Å². The average molecular weight is 292 g/mol. The van der Waals surface area contributed by atoms with Gasteiger partial charge in [-0.25, -0.2) is 12.8 Å². The van der Waals surface area contributed by atoms with Gasteiger partial charge in [-0.15, -0.1) is 0 Å². The fourth-order valence-corrected chi connectivity index (χ4v) is 0. The van der Waals surface area contributed by atoms with E-state index in [1.165, 1.54) is 0 Å². The summed E-state index contributed by atoms with van der Waals surface area (Å²) in [5, 5.41) is 0. The van der Waals surface area contributed by atoms with Gasteiger partial charge >= 0.3 is 0 Å². The summed E-state index contributed by atoms with van der Waals surface area (Å²) in [5.74, 6) is 0. The van der Waals surface area contributed by atoms with Gasteiger partial charge in [-0.2, -0.15) is 13.8 Å². The van der Waals surface area contributed by atoms with Crippen LogP contribution in [0.5, 0.6) is 0 Å². The Hall–Kier alpha value is 2.21. The number of hydrogen-bond donors (Lipinski definition) is 0. The van der Waals surface area contributed by atoms with Gasteiger partial charge in [0.15, 0.2) is 0 Å². The number of rotatable bonds is 1. The Morgan fingerprint density at radius 1 is 0.700 bits per heavy atom. The predicted molar refractivity (Wildman–Crippen MR) is 42.0 cm³/mol. The molecule has 10 heavy (non-hydrogen) atoms. The van der Waals surface area contributed by atoms with Gasteiger partial charge in [0.05, 0.1) is 0 Å². The third kappa shape index (κ3) is 84.1. The molecule has 0 aromatic rings. The second-order valence-electron chi connectivity index (χ2n) is 0.707. The topological polar surface area (TPSA) is 0 Å². The number of hydrogen-bond acceptors (Lipinski definition) is 0. The van der Waals surface area contributed by atoms with Crippen molar-refractivity contribution in [3.8, 4) is 0 Å². The van der Waals surface area contributed by atoms with Crippen LogP contribution in [0.25, 0.3) is 0 Å². The SMILES string of the molecule is [CH2-]C.[CH2-]C.[CH2-]CC[CH2-].[Y].[Y]. The third-order valence-corrected chi connectivity index (χ3v) is 0.250. The quantitative estimate of drug-likeness (QED) is 0.651. The zero-order valence-corrected chi connectivity index (χ0v) is 13.1. The average Bonchev–Trinajstić information content (AvgIpc) is 1.96. The molecule has 0 aromatic heterocycles. The Kier molecular flexibility index (Phi) is 195. The Bertz CT molecular complexity index is 9.22. The normalized spacial score (nSPS) is 4.20. The van der Waals surface area contributed by atoms with Crippen LogP contribution in [0.1, 0.15) is 26.7 Å². The van der Waals surface area contributed by atoms with Crippen LogP contribution in [0.15, 0.2) is 0 Å². The molecule has 0 atom stereocenters. The van der Waals surface area contributed by atoms with Crippen LogP contribution >= 0.6 is 0 Å². The molecule has 0 spiro atoms. The molecule has 0 saturated heterocycles. The Morgan fingerprint density at radius 3 is 0.800 bits per heavy atom. The van der Waals surface area contributed by atoms with E-state index in [9.17, 15) is 0 Å². The van der Waals surface area contributed by atoms with Gasteiger partial charge in [-0.05, 0) is 0 Å². The Morgan fingerprint density at radius 2 is 0.800 bits per heavy atom. The van der Waals surface area contributed by atoms with Crippen molar-refractivity contribution in [2.45, 2.75) is 26.7 Å². The van der Waals surface area contributed by atoms with E-state index in [0.29, 0.717) is 0 Å².